The van der Waals surface area contributed by atoms with Crippen LogP contribution in [0.15, 0.2) is 24.3 Å². The number of anilines is 4. The van der Waals surface area contributed by atoms with Gasteiger partial charge in [-0.1, -0.05) is 18.3 Å². The van der Waals surface area contributed by atoms with Crippen LogP contribution in [-0.4, -0.2) is 57.9 Å². The maximum absolute atomic E-state index is 14.5. The molecule has 2 N–H and O–H groups in total. The number of nitrogens with one attached hydrogen (secondary N) is 1. The lowest BCUT2D eigenvalue weighted by molar-refractivity contribution is -0.152. The molecule has 0 radical (unpaired) electrons. The molecule has 1 aromatic carbocycles. The average Bonchev–Trinajstić information content (AvgIpc) is 3.31. The Morgan fingerprint density at radius 3 is 2.49 bits per heavy atom. The van der Waals surface area contributed by atoms with Crippen LogP contribution in [0.1, 0.15) is 44.0 Å². The largest absolute Gasteiger partial charge is 0.479 e. The van der Waals surface area contributed by atoms with E-state index in [2.05, 4.69) is 32.1 Å². The molecule has 0 bridgehead atoms. The first-order valence-electron chi connectivity index (χ1n) is 13.2. The smallest absolute Gasteiger partial charge is 0.416 e. The highest BCUT2D eigenvalue weighted by atomic mass is 32.1. The molecule has 5 rings (SSSR count). The third-order valence-electron chi connectivity index (χ3n) is 7.37. The molecule has 2 aliphatic heterocycles. The van der Waals surface area contributed by atoms with Gasteiger partial charge in [0.05, 0.1) is 5.56 Å². The molecule has 0 amide bonds. The van der Waals surface area contributed by atoms with Crippen molar-refractivity contribution >= 4 is 39.1 Å². The van der Waals surface area contributed by atoms with Crippen LogP contribution >= 0.6 is 11.3 Å². The summed E-state index contributed by atoms with van der Waals surface area (Å²) < 4.78 is 69.4. The number of hydrogen-bond donors (Lipinski definition) is 2. The molecular formula is C27H29F5N6O2S. The molecule has 220 valence electrons. The van der Waals surface area contributed by atoms with E-state index in [1.54, 1.807) is 17.9 Å². The summed E-state index contributed by atoms with van der Waals surface area (Å²) in [6.45, 7) is 5.46. The number of piperidine rings is 2. The summed E-state index contributed by atoms with van der Waals surface area (Å²) in [6, 6.07) is 4.06. The first kappa shape index (κ1) is 29.0. The third-order valence-corrected chi connectivity index (χ3v) is 8.41. The molecule has 0 spiro atoms. The molecule has 3 aromatic rings. The van der Waals surface area contributed by atoms with E-state index in [9.17, 15) is 31.9 Å². The van der Waals surface area contributed by atoms with Gasteiger partial charge < -0.3 is 20.2 Å². The van der Waals surface area contributed by atoms with Crippen LogP contribution < -0.4 is 15.1 Å². The van der Waals surface area contributed by atoms with Gasteiger partial charge in [-0.3, -0.25) is 0 Å². The van der Waals surface area contributed by atoms with E-state index in [-0.39, 0.29) is 37.2 Å². The highest BCUT2D eigenvalue weighted by molar-refractivity contribution is 7.20. The lowest BCUT2D eigenvalue weighted by Gasteiger charge is -2.34. The second kappa shape index (κ2) is 11.0. The van der Waals surface area contributed by atoms with Crippen LogP contribution in [-0.2, 0) is 11.0 Å². The van der Waals surface area contributed by atoms with E-state index in [4.69, 9.17) is 0 Å². The van der Waals surface area contributed by atoms with Gasteiger partial charge in [0.1, 0.15) is 34.0 Å². The average molecular weight is 597 g/mol. The van der Waals surface area contributed by atoms with Gasteiger partial charge in [-0.2, -0.15) is 13.2 Å². The van der Waals surface area contributed by atoms with Crippen LogP contribution in [0.2, 0.25) is 0 Å². The summed E-state index contributed by atoms with van der Waals surface area (Å²) in [5, 5.41) is 13.3. The van der Waals surface area contributed by atoms with Crippen LogP contribution in [0.25, 0.3) is 11.3 Å². The molecule has 2 aliphatic rings. The Kier molecular flexibility index (Phi) is 7.79. The molecule has 4 heterocycles. The number of hydrogen-bond acceptors (Lipinski definition) is 8. The molecule has 1 atom stereocenters. The predicted octanol–water partition coefficient (Wildman–Crippen LogP) is 6.44. The number of nitrogens with zero attached hydrogens (tertiary/aromatic N) is 5. The number of carbonyl (C=O) groups is 1. The van der Waals surface area contributed by atoms with E-state index >= 15 is 0 Å². The third kappa shape index (κ3) is 6.36. The fourth-order valence-electron chi connectivity index (χ4n) is 5.22. The van der Waals surface area contributed by atoms with Gasteiger partial charge >= 0.3 is 12.1 Å². The highest BCUT2D eigenvalue weighted by Gasteiger charge is 2.42. The molecule has 2 aromatic heterocycles. The molecule has 2 fully saturated rings. The highest BCUT2D eigenvalue weighted by Crippen LogP contribution is 2.43. The van der Waals surface area contributed by atoms with Gasteiger partial charge in [0.25, 0.3) is 0 Å². The number of carboxylic acids is 1. The van der Waals surface area contributed by atoms with Crippen molar-refractivity contribution < 1.29 is 31.9 Å². The summed E-state index contributed by atoms with van der Waals surface area (Å²) in [5.41, 5.74) is -3.10. The minimum atomic E-state index is -4.72. The number of aliphatic carboxylic acids is 1. The Hall–Kier alpha value is -3.55. The summed E-state index contributed by atoms with van der Waals surface area (Å²) in [5.74, 6) is -0.868. The van der Waals surface area contributed by atoms with Crippen molar-refractivity contribution in [2.24, 2.45) is 5.92 Å². The number of aryl methyl sites for hydroxylation is 1. The Balaban J connectivity index is 1.47. The van der Waals surface area contributed by atoms with Crippen molar-refractivity contribution in [2.75, 3.05) is 41.3 Å². The number of carboxylic acid groups (broad SMARTS) is 1. The van der Waals surface area contributed by atoms with Gasteiger partial charge in [0, 0.05) is 50.7 Å². The normalized spacial score (nSPS) is 19.3. The number of rotatable bonds is 6. The van der Waals surface area contributed by atoms with Crippen molar-refractivity contribution in [1.29, 1.82) is 0 Å². The fraction of sp³-hybridized carbons (Fsp3) is 0.481. The molecule has 0 aliphatic carbocycles. The summed E-state index contributed by atoms with van der Waals surface area (Å²) in [6.07, 6.45) is -3.15. The minimum absolute atomic E-state index is 0.0239. The van der Waals surface area contributed by atoms with Gasteiger partial charge in [-0.05, 0) is 43.9 Å². The number of benzene rings is 1. The molecule has 14 heteroatoms. The number of aromatic nitrogens is 3. The fourth-order valence-corrected chi connectivity index (χ4v) is 6.25. The zero-order valence-electron chi connectivity index (χ0n) is 22.4. The number of thiazole rings is 1. The van der Waals surface area contributed by atoms with Crippen LogP contribution in [0.3, 0.4) is 0 Å². The Bertz CT molecular complexity index is 1440. The Morgan fingerprint density at radius 1 is 1.10 bits per heavy atom. The molecule has 41 heavy (non-hydrogen) atoms. The lowest BCUT2D eigenvalue weighted by atomic mass is 9.93. The first-order valence-corrected chi connectivity index (χ1v) is 14.1. The molecule has 2 saturated heterocycles. The quantitative estimate of drug-likeness (QED) is 0.314. The van der Waals surface area contributed by atoms with E-state index in [1.165, 1.54) is 11.3 Å². The van der Waals surface area contributed by atoms with Crippen LogP contribution in [0.5, 0.6) is 0 Å². The van der Waals surface area contributed by atoms with E-state index in [1.807, 2.05) is 0 Å². The standard InChI is InChI=1S/C27H29F5N6O2S/c1-15-4-3-7-38(14-15)23-22(17-10-18(27(30,31)32)12-19(28)11-17)36-25(41-23)35-20-13-21(34-16(2)33-20)37-8-5-26(29,6-9-37)24(39)40/h10-13,15H,3-9,14H2,1-2H3,(H,39,40)(H,33,34,35,36)/t15-/m0/s1. The zero-order chi connectivity index (χ0) is 29.5. The van der Waals surface area contributed by atoms with Gasteiger partial charge in [-0.25, -0.2) is 28.5 Å². The van der Waals surface area contributed by atoms with Crippen molar-refractivity contribution in [3.05, 3.63) is 41.5 Å². The second-order valence-corrected chi connectivity index (χ2v) is 11.6. The zero-order valence-corrected chi connectivity index (χ0v) is 23.2. The monoisotopic (exact) mass is 596 g/mol. The molecule has 0 saturated carbocycles. The molecular weight excluding hydrogens is 567 g/mol. The van der Waals surface area contributed by atoms with Crippen molar-refractivity contribution in [2.45, 2.75) is 51.4 Å². The van der Waals surface area contributed by atoms with Gasteiger partial charge in [0.2, 0.25) is 5.67 Å². The Labute approximate surface area is 237 Å². The number of alkyl halides is 4. The van der Waals surface area contributed by atoms with Gasteiger partial charge in [-0.15, -0.1) is 0 Å². The number of halogens is 5. The first-order chi connectivity index (χ1) is 19.3. The second-order valence-electron chi connectivity index (χ2n) is 10.6. The van der Waals surface area contributed by atoms with Gasteiger partial charge in [0.15, 0.2) is 5.13 Å². The van der Waals surface area contributed by atoms with Crippen LogP contribution in [0.4, 0.5) is 43.7 Å². The topological polar surface area (TPSA) is 94.5 Å². The van der Waals surface area contributed by atoms with Crippen LogP contribution in [0, 0.1) is 18.7 Å². The summed E-state index contributed by atoms with van der Waals surface area (Å²) in [4.78, 5) is 28.5. The van der Waals surface area contributed by atoms with Crippen molar-refractivity contribution in [1.82, 2.24) is 15.0 Å². The predicted molar refractivity (Wildman–Crippen MR) is 146 cm³/mol. The van der Waals surface area contributed by atoms with E-state index in [0.29, 0.717) is 52.7 Å². The van der Waals surface area contributed by atoms with E-state index in [0.717, 1.165) is 25.0 Å². The summed E-state index contributed by atoms with van der Waals surface area (Å²) >= 11 is 1.24. The van der Waals surface area contributed by atoms with E-state index < -0.39 is 29.2 Å². The lowest BCUT2D eigenvalue weighted by Crippen LogP contribution is -2.46. The molecule has 8 nitrogen and oxygen atoms in total. The van der Waals surface area contributed by atoms with Crippen molar-refractivity contribution in [3.8, 4) is 11.3 Å². The SMILES string of the molecule is Cc1nc(Nc2nc(-c3cc(F)cc(C(F)(F)F)c3)c(N3CCC[C@H](C)C3)s2)cc(N2CCC(F)(C(=O)O)CC2)n1. The Morgan fingerprint density at radius 2 is 1.83 bits per heavy atom. The summed E-state index contributed by atoms with van der Waals surface area (Å²) in [7, 11) is 0. The molecule has 0 unspecified atom stereocenters. The maximum Gasteiger partial charge on any atom is 0.416 e. The maximum atomic E-state index is 14.5. The minimum Gasteiger partial charge on any atom is -0.479 e. The van der Waals surface area contributed by atoms with Crippen molar-refractivity contribution in [3.63, 3.8) is 0 Å².